The molecule has 1 saturated heterocycles. The van der Waals surface area contributed by atoms with Crippen LogP contribution in [0.1, 0.15) is 43.4 Å². The molecule has 4 N–H and O–H groups in total. The summed E-state index contributed by atoms with van der Waals surface area (Å²) in [5.74, 6) is 1.14. The number of hydrogen-bond donors (Lipinski definition) is 4. The molecule has 3 atom stereocenters. The lowest BCUT2D eigenvalue weighted by molar-refractivity contribution is -0.0999. The van der Waals surface area contributed by atoms with Gasteiger partial charge in [-0.3, -0.25) is 0 Å². The zero-order valence-corrected chi connectivity index (χ0v) is 19.5. The second-order valence-corrected chi connectivity index (χ2v) is 8.19. The SMILES string of the molecule is CCNCCOc1cc(C2CC(O)CC(CCc3ccc(O)c(OC)c3)O2)cc(OC)c1O. The molecule has 3 unspecified atom stereocenters. The molecule has 2 aromatic carbocycles. The number of aryl methyl sites for hydroxylation is 1. The van der Waals surface area contributed by atoms with Crippen molar-refractivity contribution in [2.24, 2.45) is 0 Å². The van der Waals surface area contributed by atoms with E-state index in [2.05, 4.69) is 5.32 Å². The third-order valence-corrected chi connectivity index (χ3v) is 5.82. The van der Waals surface area contributed by atoms with E-state index in [0.717, 1.165) is 24.1 Å². The number of aliphatic hydroxyl groups excluding tert-OH is 1. The summed E-state index contributed by atoms with van der Waals surface area (Å²) in [6, 6.07) is 8.78. The van der Waals surface area contributed by atoms with Gasteiger partial charge in [0.2, 0.25) is 5.75 Å². The Morgan fingerprint density at radius 3 is 2.52 bits per heavy atom. The summed E-state index contributed by atoms with van der Waals surface area (Å²) in [4.78, 5) is 0. The van der Waals surface area contributed by atoms with E-state index >= 15 is 0 Å². The summed E-state index contributed by atoms with van der Waals surface area (Å²) in [6.07, 6.45) is 1.44. The van der Waals surface area contributed by atoms with Crippen LogP contribution < -0.4 is 19.5 Å². The zero-order valence-electron chi connectivity index (χ0n) is 19.5. The lowest BCUT2D eigenvalue weighted by Crippen LogP contribution is -2.31. The summed E-state index contributed by atoms with van der Waals surface area (Å²) < 4.78 is 22.6. The second kappa shape index (κ2) is 12.0. The van der Waals surface area contributed by atoms with E-state index in [1.807, 2.05) is 19.1 Å². The highest BCUT2D eigenvalue weighted by Gasteiger charge is 2.30. The van der Waals surface area contributed by atoms with Gasteiger partial charge in [0, 0.05) is 13.0 Å². The number of benzene rings is 2. The van der Waals surface area contributed by atoms with Crippen LogP contribution in [0.3, 0.4) is 0 Å². The number of rotatable bonds is 11. The first-order valence-electron chi connectivity index (χ1n) is 11.4. The van der Waals surface area contributed by atoms with Gasteiger partial charge in [0.1, 0.15) is 6.61 Å². The van der Waals surface area contributed by atoms with Crippen LogP contribution in [0.5, 0.6) is 28.7 Å². The fourth-order valence-corrected chi connectivity index (χ4v) is 4.06. The number of phenols is 2. The molecule has 8 nitrogen and oxygen atoms in total. The van der Waals surface area contributed by atoms with Crippen LogP contribution >= 0.6 is 0 Å². The van der Waals surface area contributed by atoms with E-state index in [9.17, 15) is 15.3 Å². The van der Waals surface area contributed by atoms with Crippen molar-refractivity contribution in [2.45, 2.75) is 50.9 Å². The highest BCUT2D eigenvalue weighted by Crippen LogP contribution is 2.42. The minimum atomic E-state index is -0.499. The van der Waals surface area contributed by atoms with Crippen molar-refractivity contribution < 1.29 is 34.3 Å². The third-order valence-electron chi connectivity index (χ3n) is 5.82. The lowest BCUT2D eigenvalue weighted by atomic mass is 9.93. The van der Waals surface area contributed by atoms with E-state index in [4.69, 9.17) is 18.9 Å². The summed E-state index contributed by atoms with van der Waals surface area (Å²) in [5.41, 5.74) is 1.81. The third kappa shape index (κ3) is 6.66. The first-order chi connectivity index (χ1) is 15.9. The number of hydrogen-bond acceptors (Lipinski definition) is 8. The molecule has 1 fully saturated rings. The molecular formula is C25H35NO7. The maximum Gasteiger partial charge on any atom is 0.200 e. The number of nitrogens with one attached hydrogen (secondary N) is 1. The predicted octanol–water partition coefficient (Wildman–Crippen LogP) is 3.32. The van der Waals surface area contributed by atoms with Gasteiger partial charge in [0.15, 0.2) is 23.0 Å². The van der Waals surface area contributed by atoms with Gasteiger partial charge in [-0.2, -0.15) is 0 Å². The van der Waals surface area contributed by atoms with E-state index in [-0.39, 0.29) is 23.7 Å². The number of likely N-dealkylation sites (N-methyl/N-ethyl adjacent to an activating group) is 1. The Bertz CT molecular complexity index is 905. The monoisotopic (exact) mass is 461 g/mol. The summed E-state index contributed by atoms with van der Waals surface area (Å²) in [7, 11) is 3.01. The van der Waals surface area contributed by atoms with Gasteiger partial charge in [-0.15, -0.1) is 0 Å². The molecule has 1 aliphatic rings. The molecule has 1 heterocycles. The Morgan fingerprint density at radius 1 is 1.03 bits per heavy atom. The van der Waals surface area contributed by atoms with E-state index in [1.54, 1.807) is 18.2 Å². The molecule has 33 heavy (non-hydrogen) atoms. The van der Waals surface area contributed by atoms with Gasteiger partial charge in [-0.05, 0) is 61.2 Å². The van der Waals surface area contributed by atoms with Crippen LogP contribution in [0.4, 0.5) is 0 Å². The molecule has 0 amide bonds. The van der Waals surface area contributed by atoms with Crippen molar-refractivity contribution in [1.82, 2.24) is 5.32 Å². The topological polar surface area (TPSA) is 110 Å². The summed E-state index contributed by atoms with van der Waals surface area (Å²) >= 11 is 0. The van der Waals surface area contributed by atoms with Crippen molar-refractivity contribution in [3.8, 4) is 28.7 Å². The lowest BCUT2D eigenvalue weighted by Gasteiger charge is -2.34. The normalized spacial score (nSPS) is 20.4. The second-order valence-electron chi connectivity index (χ2n) is 8.19. The molecule has 8 heteroatoms. The van der Waals surface area contributed by atoms with Crippen molar-refractivity contribution in [3.05, 3.63) is 41.5 Å². The first-order valence-corrected chi connectivity index (χ1v) is 11.4. The van der Waals surface area contributed by atoms with Crippen molar-refractivity contribution in [3.63, 3.8) is 0 Å². The van der Waals surface area contributed by atoms with Gasteiger partial charge in [-0.1, -0.05) is 13.0 Å². The van der Waals surface area contributed by atoms with Crippen LogP contribution in [0.2, 0.25) is 0 Å². The molecule has 0 aliphatic carbocycles. The highest BCUT2D eigenvalue weighted by atomic mass is 16.5. The fraction of sp³-hybridized carbons (Fsp3) is 0.520. The predicted molar refractivity (Wildman–Crippen MR) is 125 cm³/mol. The standard InChI is InChI=1S/C25H35NO7/c1-4-26-9-10-32-24-13-17(12-23(31-3)25(24)29)21-15-18(27)14-19(33-21)7-5-16-6-8-20(28)22(11-16)30-2/h6,8,11-13,18-19,21,26-29H,4-5,7,9-10,14-15H2,1-3H3. The fourth-order valence-electron chi connectivity index (χ4n) is 4.06. The molecule has 2 aromatic rings. The summed E-state index contributed by atoms with van der Waals surface area (Å²) in [6.45, 7) is 3.92. The van der Waals surface area contributed by atoms with Gasteiger partial charge < -0.3 is 39.6 Å². The average Bonchev–Trinajstić information content (AvgIpc) is 2.81. The van der Waals surface area contributed by atoms with Gasteiger partial charge >= 0.3 is 0 Å². The number of phenolic OH excluding ortho intramolecular Hbond substituents is 2. The number of aromatic hydroxyl groups is 2. The Morgan fingerprint density at radius 2 is 1.79 bits per heavy atom. The Balaban J connectivity index is 1.70. The molecule has 0 radical (unpaired) electrons. The van der Waals surface area contributed by atoms with E-state index in [0.29, 0.717) is 49.7 Å². The average molecular weight is 462 g/mol. The van der Waals surface area contributed by atoms with Crippen LogP contribution in [-0.2, 0) is 11.2 Å². The Hall–Kier alpha value is -2.68. The smallest absolute Gasteiger partial charge is 0.200 e. The molecule has 3 rings (SSSR count). The molecule has 182 valence electrons. The largest absolute Gasteiger partial charge is 0.504 e. The van der Waals surface area contributed by atoms with Crippen LogP contribution in [0.15, 0.2) is 30.3 Å². The molecule has 0 aromatic heterocycles. The minimum absolute atomic E-state index is 0.0491. The first kappa shape index (κ1) is 25.0. The maximum atomic E-state index is 10.5. The zero-order chi connectivity index (χ0) is 23.8. The van der Waals surface area contributed by atoms with Crippen LogP contribution in [0.25, 0.3) is 0 Å². The van der Waals surface area contributed by atoms with Crippen molar-refractivity contribution in [1.29, 1.82) is 0 Å². The number of ether oxygens (including phenoxy) is 4. The molecule has 1 aliphatic heterocycles. The van der Waals surface area contributed by atoms with E-state index in [1.165, 1.54) is 14.2 Å². The van der Waals surface area contributed by atoms with Gasteiger partial charge in [-0.25, -0.2) is 0 Å². The van der Waals surface area contributed by atoms with Crippen molar-refractivity contribution in [2.75, 3.05) is 33.9 Å². The molecule has 0 saturated carbocycles. The Kier molecular flexibility index (Phi) is 9.05. The van der Waals surface area contributed by atoms with E-state index < -0.39 is 6.10 Å². The Labute approximate surface area is 195 Å². The number of methoxy groups -OCH3 is 2. The maximum absolute atomic E-state index is 10.5. The highest BCUT2D eigenvalue weighted by molar-refractivity contribution is 5.53. The van der Waals surface area contributed by atoms with Crippen LogP contribution in [-0.4, -0.2) is 61.4 Å². The summed E-state index contributed by atoms with van der Waals surface area (Å²) in [5, 5.41) is 33.9. The van der Waals surface area contributed by atoms with Crippen LogP contribution in [0, 0.1) is 0 Å². The van der Waals surface area contributed by atoms with Gasteiger partial charge in [0.05, 0.1) is 32.5 Å². The quantitative estimate of drug-likeness (QED) is 0.378. The number of aliphatic hydroxyl groups is 1. The molecule has 0 bridgehead atoms. The minimum Gasteiger partial charge on any atom is -0.504 e. The molecular weight excluding hydrogens is 426 g/mol. The molecule has 0 spiro atoms. The van der Waals surface area contributed by atoms with Gasteiger partial charge in [0.25, 0.3) is 0 Å². The van der Waals surface area contributed by atoms with Crippen molar-refractivity contribution >= 4 is 0 Å².